The maximum atomic E-state index is 9.46. The van der Waals surface area contributed by atoms with Gasteiger partial charge in [0.15, 0.2) is 0 Å². The largest absolute Gasteiger partial charge is 0.394 e. The molecule has 2 aliphatic rings. The molecule has 4 heteroatoms. The lowest BCUT2D eigenvalue weighted by atomic mass is 9.99. The minimum Gasteiger partial charge on any atom is -0.394 e. The third-order valence-electron chi connectivity index (χ3n) is 3.65. The zero-order valence-corrected chi connectivity index (χ0v) is 10.8. The van der Waals surface area contributed by atoms with Crippen molar-refractivity contribution < 1.29 is 14.6 Å². The molecule has 1 saturated carbocycles. The van der Waals surface area contributed by atoms with E-state index < -0.39 is 0 Å². The number of hydrogen-bond acceptors (Lipinski definition) is 4. The highest BCUT2D eigenvalue weighted by Crippen LogP contribution is 2.24. The Kier molecular flexibility index (Phi) is 4.79. The fourth-order valence-corrected chi connectivity index (χ4v) is 2.21. The van der Waals surface area contributed by atoms with E-state index in [1.54, 1.807) is 0 Å². The molecule has 0 aromatic rings. The van der Waals surface area contributed by atoms with Crippen LogP contribution in [0.15, 0.2) is 0 Å². The van der Waals surface area contributed by atoms with Crippen LogP contribution < -0.4 is 5.32 Å². The van der Waals surface area contributed by atoms with Crippen LogP contribution in [0.25, 0.3) is 0 Å². The van der Waals surface area contributed by atoms with Gasteiger partial charge >= 0.3 is 0 Å². The number of rotatable bonds is 7. The lowest BCUT2D eigenvalue weighted by molar-refractivity contribution is -0.0390. The van der Waals surface area contributed by atoms with Gasteiger partial charge in [-0.05, 0) is 39.0 Å². The van der Waals surface area contributed by atoms with Gasteiger partial charge in [0.05, 0.1) is 12.7 Å². The van der Waals surface area contributed by atoms with E-state index in [0.29, 0.717) is 12.1 Å². The van der Waals surface area contributed by atoms with Crippen LogP contribution in [0.2, 0.25) is 0 Å². The molecule has 1 saturated heterocycles. The van der Waals surface area contributed by atoms with E-state index >= 15 is 0 Å². The second kappa shape index (κ2) is 6.14. The van der Waals surface area contributed by atoms with Crippen LogP contribution >= 0.6 is 0 Å². The van der Waals surface area contributed by atoms with Crippen molar-refractivity contribution in [1.82, 2.24) is 5.32 Å². The van der Waals surface area contributed by atoms with Crippen molar-refractivity contribution in [3.63, 3.8) is 0 Å². The Hall–Kier alpha value is -0.160. The number of aliphatic hydroxyl groups is 1. The van der Waals surface area contributed by atoms with Gasteiger partial charge in [0.25, 0.3) is 0 Å². The third kappa shape index (κ3) is 4.54. The zero-order valence-electron chi connectivity index (χ0n) is 10.8. The Balaban J connectivity index is 1.64. The normalized spacial score (nSPS) is 25.8. The summed E-state index contributed by atoms with van der Waals surface area (Å²) in [5.41, 5.74) is -0.174. The predicted molar refractivity (Wildman–Crippen MR) is 66.1 cm³/mol. The number of hydrogen-bond donors (Lipinski definition) is 2. The van der Waals surface area contributed by atoms with Crippen LogP contribution in [-0.2, 0) is 9.47 Å². The second-order valence-corrected chi connectivity index (χ2v) is 5.57. The number of aliphatic hydroxyl groups excluding tert-OH is 1. The molecule has 1 atom stereocenters. The quantitative estimate of drug-likeness (QED) is 0.702. The van der Waals surface area contributed by atoms with E-state index in [1.165, 1.54) is 12.8 Å². The zero-order chi connectivity index (χ0) is 12.1. The molecule has 0 aromatic heterocycles. The molecule has 0 radical (unpaired) electrons. The van der Waals surface area contributed by atoms with Crippen molar-refractivity contribution in [3.05, 3.63) is 0 Å². The van der Waals surface area contributed by atoms with Gasteiger partial charge < -0.3 is 19.9 Å². The first-order chi connectivity index (χ1) is 8.22. The Morgan fingerprint density at radius 2 is 2.00 bits per heavy atom. The summed E-state index contributed by atoms with van der Waals surface area (Å²) in [4.78, 5) is 0. The molecule has 0 bridgehead atoms. The van der Waals surface area contributed by atoms with Crippen molar-refractivity contribution in [2.24, 2.45) is 0 Å². The Morgan fingerprint density at radius 3 is 2.59 bits per heavy atom. The topological polar surface area (TPSA) is 50.7 Å². The van der Waals surface area contributed by atoms with Crippen LogP contribution in [0.4, 0.5) is 0 Å². The van der Waals surface area contributed by atoms with Crippen molar-refractivity contribution in [2.75, 3.05) is 26.4 Å². The number of ether oxygens (including phenoxy) is 2. The van der Waals surface area contributed by atoms with Gasteiger partial charge in [0.2, 0.25) is 0 Å². The summed E-state index contributed by atoms with van der Waals surface area (Å²) < 4.78 is 11.1. The summed E-state index contributed by atoms with van der Waals surface area (Å²) in [6.07, 6.45) is 5.73. The molecule has 2 N–H and O–H groups in total. The molecule has 4 nitrogen and oxygen atoms in total. The van der Waals surface area contributed by atoms with Gasteiger partial charge in [-0.2, -0.15) is 0 Å². The third-order valence-corrected chi connectivity index (χ3v) is 3.65. The Bertz CT molecular complexity index is 227. The van der Waals surface area contributed by atoms with Crippen LogP contribution in [0.1, 0.15) is 39.0 Å². The van der Waals surface area contributed by atoms with Crippen LogP contribution in [0.5, 0.6) is 0 Å². The summed E-state index contributed by atoms with van der Waals surface area (Å²) >= 11 is 0. The standard InChI is InChI=1S/C13H25NO3/c1-13(10-15,14-11-2-3-11)6-9-17-12-4-7-16-8-5-12/h11-12,14-15H,2-10H2,1H3. The molecule has 1 aliphatic carbocycles. The molecule has 0 spiro atoms. The van der Waals surface area contributed by atoms with E-state index in [4.69, 9.17) is 9.47 Å². The summed E-state index contributed by atoms with van der Waals surface area (Å²) in [6, 6.07) is 0.621. The molecule has 17 heavy (non-hydrogen) atoms. The minimum absolute atomic E-state index is 0.174. The fourth-order valence-electron chi connectivity index (χ4n) is 2.21. The highest BCUT2D eigenvalue weighted by atomic mass is 16.5. The van der Waals surface area contributed by atoms with Crippen molar-refractivity contribution in [1.29, 1.82) is 0 Å². The first-order valence-corrected chi connectivity index (χ1v) is 6.80. The molecule has 0 amide bonds. The minimum atomic E-state index is -0.174. The average molecular weight is 243 g/mol. The molecular formula is C13H25NO3. The molecule has 1 aliphatic heterocycles. The van der Waals surface area contributed by atoms with Gasteiger partial charge in [-0.25, -0.2) is 0 Å². The summed E-state index contributed by atoms with van der Waals surface area (Å²) in [5.74, 6) is 0. The van der Waals surface area contributed by atoms with E-state index in [0.717, 1.165) is 39.1 Å². The van der Waals surface area contributed by atoms with E-state index in [1.807, 2.05) is 0 Å². The monoisotopic (exact) mass is 243 g/mol. The Labute approximate surface area is 104 Å². The Morgan fingerprint density at radius 1 is 1.29 bits per heavy atom. The lowest BCUT2D eigenvalue weighted by Crippen LogP contribution is -2.48. The first kappa shape index (κ1) is 13.3. The van der Waals surface area contributed by atoms with Crippen molar-refractivity contribution in [2.45, 2.75) is 56.7 Å². The first-order valence-electron chi connectivity index (χ1n) is 6.80. The van der Waals surface area contributed by atoms with E-state index in [9.17, 15) is 5.11 Å². The SMILES string of the molecule is CC(CO)(CCOC1CCOCC1)NC1CC1. The molecule has 1 heterocycles. The average Bonchev–Trinajstić information content (AvgIpc) is 3.14. The molecule has 2 rings (SSSR count). The highest BCUT2D eigenvalue weighted by molar-refractivity contribution is 4.92. The molecule has 100 valence electrons. The maximum absolute atomic E-state index is 9.46. The van der Waals surface area contributed by atoms with Crippen molar-refractivity contribution in [3.8, 4) is 0 Å². The van der Waals surface area contributed by atoms with Gasteiger partial charge in [0, 0.05) is 31.4 Å². The molecule has 1 unspecified atom stereocenters. The van der Waals surface area contributed by atoms with Crippen molar-refractivity contribution >= 4 is 0 Å². The smallest absolute Gasteiger partial charge is 0.0619 e. The second-order valence-electron chi connectivity index (χ2n) is 5.57. The van der Waals surface area contributed by atoms with Crippen LogP contribution in [-0.4, -0.2) is 49.2 Å². The fraction of sp³-hybridized carbons (Fsp3) is 1.00. The van der Waals surface area contributed by atoms with Crippen LogP contribution in [0.3, 0.4) is 0 Å². The van der Waals surface area contributed by atoms with Crippen LogP contribution in [0, 0.1) is 0 Å². The maximum Gasteiger partial charge on any atom is 0.0619 e. The number of nitrogens with one attached hydrogen (secondary N) is 1. The van der Waals surface area contributed by atoms with Gasteiger partial charge in [-0.15, -0.1) is 0 Å². The van der Waals surface area contributed by atoms with E-state index in [2.05, 4.69) is 12.2 Å². The summed E-state index contributed by atoms with van der Waals surface area (Å²) in [6.45, 7) is 4.63. The molecule has 0 aromatic carbocycles. The van der Waals surface area contributed by atoms with Gasteiger partial charge in [-0.1, -0.05) is 0 Å². The molecular weight excluding hydrogens is 218 g/mol. The lowest BCUT2D eigenvalue weighted by Gasteiger charge is -2.30. The highest BCUT2D eigenvalue weighted by Gasteiger charge is 2.31. The molecule has 2 fully saturated rings. The van der Waals surface area contributed by atoms with Gasteiger partial charge in [0.1, 0.15) is 0 Å². The summed E-state index contributed by atoms with van der Waals surface area (Å²) in [5, 5.41) is 13.0. The van der Waals surface area contributed by atoms with Gasteiger partial charge in [-0.3, -0.25) is 0 Å². The van der Waals surface area contributed by atoms with E-state index in [-0.39, 0.29) is 12.1 Å². The predicted octanol–water partition coefficient (Wildman–Crippen LogP) is 1.08. The summed E-state index contributed by atoms with van der Waals surface area (Å²) in [7, 11) is 0.